The molecule has 0 saturated heterocycles. The fourth-order valence-corrected chi connectivity index (χ4v) is 3.76. The van der Waals surface area contributed by atoms with Gasteiger partial charge in [-0.25, -0.2) is 18.0 Å². The lowest BCUT2D eigenvalue weighted by molar-refractivity contribution is -0.142. The molecule has 0 bridgehead atoms. The number of nitrogens with one attached hydrogen (secondary N) is 1. The van der Waals surface area contributed by atoms with Crippen LogP contribution in [0, 0.1) is 0 Å². The van der Waals surface area contributed by atoms with Crippen molar-refractivity contribution in [2.24, 2.45) is 0 Å². The first-order chi connectivity index (χ1) is 14.4. The molecule has 0 fully saturated rings. The van der Waals surface area contributed by atoms with E-state index in [1.54, 1.807) is 6.92 Å². The van der Waals surface area contributed by atoms with Crippen LogP contribution in [-0.4, -0.2) is 49.4 Å². The van der Waals surface area contributed by atoms with Crippen molar-refractivity contribution in [3.63, 3.8) is 0 Å². The number of pyridine rings is 1. The largest absolute Gasteiger partial charge is 0.466 e. The molecule has 1 heterocycles. The molecule has 0 unspecified atom stereocenters. The van der Waals surface area contributed by atoms with Crippen molar-refractivity contribution in [2.75, 3.05) is 11.5 Å². The number of nitrogens with zero attached hydrogens (tertiary/aromatic N) is 1. The Morgan fingerprint density at radius 2 is 1.50 bits per heavy atom. The number of ether oxygens (including phenoxy) is 3. The van der Waals surface area contributed by atoms with Crippen molar-refractivity contribution in [1.82, 2.24) is 4.98 Å². The number of H-pyrrole nitrogens is 1. The van der Waals surface area contributed by atoms with Gasteiger partial charge >= 0.3 is 18.2 Å². The summed E-state index contributed by atoms with van der Waals surface area (Å²) < 4.78 is 40.0. The maximum Gasteiger partial charge on any atom is 0.424 e. The first kappa shape index (κ1) is 27.4. The first-order valence-electron chi connectivity index (χ1n) is 9.48. The molecule has 11 nitrogen and oxygen atoms in total. The lowest BCUT2D eigenvalue weighted by atomic mass is 10.2. The Hall–Kier alpha value is -2.60. The number of hydrogen-bond acceptors (Lipinski definition) is 9. The van der Waals surface area contributed by atoms with Crippen LogP contribution in [-0.2, 0) is 34.5 Å². The Morgan fingerprint density at radius 1 is 1.03 bits per heavy atom. The molecular weight excluding hydrogens is 468 g/mol. The summed E-state index contributed by atoms with van der Waals surface area (Å²) in [5, 5.41) is 0. The topological polar surface area (TPSA) is 149 Å². The summed E-state index contributed by atoms with van der Waals surface area (Å²) in [4.78, 5) is 51.8. The number of esters is 1. The molecule has 1 N–H and O–H groups in total. The van der Waals surface area contributed by atoms with Gasteiger partial charge in [-0.1, -0.05) is 0 Å². The molecule has 0 aliphatic rings. The zero-order valence-corrected chi connectivity index (χ0v) is 20.5. The summed E-state index contributed by atoms with van der Waals surface area (Å²) in [5.74, 6) is -0.826. The molecular formula is C19H27ClN2O9S. The van der Waals surface area contributed by atoms with Crippen LogP contribution in [0.5, 0.6) is 0 Å². The van der Waals surface area contributed by atoms with Crippen LogP contribution >= 0.6 is 10.7 Å². The zero-order chi connectivity index (χ0) is 25.1. The third-order valence-electron chi connectivity index (χ3n) is 3.36. The van der Waals surface area contributed by atoms with Crippen LogP contribution in [0.3, 0.4) is 0 Å². The zero-order valence-electron chi connectivity index (χ0n) is 18.9. The summed E-state index contributed by atoms with van der Waals surface area (Å²) >= 11 is 0. The number of carbonyl (C=O) groups excluding carboxylic acids is 3. The highest BCUT2D eigenvalue weighted by atomic mass is 35.7. The molecule has 1 aromatic heterocycles. The van der Waals surface area contributed by atoms with Crippen molar-refractivity contribution in [3.8, 4) is 0 Å². The third kappa shape index (κ3) is 7.83. The highest BCUT2D eigenvalue weighted by Gasteiger charge is 2.39. The van der Waals surface area contributed by atoms with Gasteiger partial charge in [-0.2, -0.15) is 4.90 Å². The van der Waals surface area contributed by atoms with Gasteiger partial charge in [0.15, 0.2) is 0 Å². The lowest BCUT2D eigenvalue weighted by Crippen LogP contribution is -2.46. The van der Waals surface area contributed by atoms with E-state index >= 15 is 0 Å². The maximum absolute atomic E-state index is 12.9. The minimum absolute atomic E-state index is 0.0138. The van der Waals surface area contributed by atoms with Crippen molar-refractivity contribution >= 4 is 43.6 Å². The molecule has 0 aromatic carbocycles. The predicted molar refractivity (Wildman–Crippen MR) is 115 cm³/mol. The summed E-state index contributed by atoms with van der Waals surface area (Å²) in [6.45, 7) is 10.6. The molecule has 0 atom stereocenters. The minimum atomic E-state index is -4.76. The van der Waals surface area contributed by atoms with Crippen LogP contribution in [0.1, 0.15) is 54.0 Å². The van der Waals surface area contributed by atoms with Gasteiger partial charge in [-0.15, -0.1) is 0 Å². The number of carbonyl (C=O) groups is 3. The van der Waals surface area contributed by atoms with Crippen LogP contribution in [0.15, 0.2) is 15.9 Å². The lowest BCUT2D eigenvalue weighted by Gasteiger charge is -2.29. The fourth-order valence-electron chi connectivity index (χ4n) is 2.39. The SMILES string of the molecule is CCOC(=O)Cc1c[nH]c(=O)c(N(C(=O)OC(C)(C)C)C(=O)OC(C)(C)C)c1S(=O)(=O)Cl. The number of aromatic nitrogens is 1. The minimum Gasteiger partial charge on any atom is -0.466 e. The average Bonchev–Trinajstić information content (AvgIpc) is 2.53. The Labute approximate surface area is 190 Å². The van der Waals surface area contributed by atoms with E-state index in [0.717, 1.165) is 6.20 Å². The van der Waals surface area contributed by atoms with Crippen LogP contribution in [0.2, 0.25) is 0 Å². The van der Waals surface area contributed by atoms with E-state index in [1.807, 2.05) is 0 Å². The number of halogens is 1. The van der Waals surface area contributed by atoms with Crippen LogP contribution in [0.25, 0.3) is 0 Å². The van der Waals surface area contributed by atoms with Gasteiger partial charge in [0.05, 0.1) is 13.0 Å². The third-order valence-corrected chi connectivity index (χ3v) is 4.77. The highest BCUT2D eigenvalue weighted by molar-refractivity contribution is 8.14. The molecule has 0 aliphatic carbocycles. The molecule has 2 amide bonds. The molecule has 1 rings (SSSR count). The van der Waals surface area contributed by atoms with Crippen LogP contribution in [0.4, 0.5) is 15.3 Å². The van der Waals surface area contributed by atoms with Crippen molar-refractivity contribution in [3.05, 3.63) is 22.1 Å². The second kappa shape index (κ2) is 9.90. The van der Waals surface area contributed by atoms with E-state index in [1.165, 1.54) is 41.5 Å². The van der Waals surface area contributed by atoms with Gasteiger partial charge in [0.25, 0.3) is 14.6 Å². The molecule has 0 aliphatic heterocycles. The van der Waals surface area contributed by atoms with E-state index in [0.29, 0.717) is 0 Å². The van der Waals surface area contributed by atoms with Gasteiger partial charge in [0.2, 0.25) is 0 Å². The summed E-state index contributed by atoms with van der Waals surface area (Å²) in [5.41, 5.74) is -4.66. The predicted octanol–water partition coefficient (Wildman–Crippen LogP) is 3.08. The molecule has 32 heavy (non-hydrogen) atoms. The van der Waals surface area contributed by atoms with E-state index in [9.17, 15) is 27.6 Å². The summed E-state index contributed by atoms with van der Waals surface area (Å²) in [7, 11) is 0.798. The van der Waals surface area contributed by atoms with Crippen molar-refractivity contribution in [1.29, 1.82) is 0 Å². The number of amides is 2. The van der Waals surface area contributed by atoms with Crippen molar-refractivity contribution in [2.45, 2.75) is 71.0 Å². The number of anilines is 1. The Kier molecular flexibility index (Phi) is 8.49. The number of imide groups is 1. The van der Waals surface area contributed by atoms with Crippen LogP contribution < -0.4 is 10.5 Å². The second-order valence-corrected chi connectivity index (χ2v) is 11.0. The fraction of sp³-hybridized carbons (Fsp3) is 0.579. The van der Waals surface area contributed by atoms with E-state index < -0.39 is 61.0 Å². The van der Waals surface area contributed by atoms with Gasteiger partial charge < -0.3 is 19.2 Å². The molecule has 0 spiro atoms. The quantitative estimate of drug-likeness (QED) is 0.370. The molecule has 1 aromatic rings. The highest BCUT2D eigenvalue weighted by Crippen LogP contribution is 2.31. The summed E-state index contributed by atoms with van der Waals surface area (Å²) in [6, 6.07) is 0. The number of hydrogen-bond donors (Lipinski definition) is 1. The van der Waals surface area contributed by atoms with Gasteiger partial charge in [0.1, 0.15) is 21.8 Å². The van der Waals surface area contributed by atoms with Gasteiger partial charge in [-0.3, -0.25) is 9.59 Å². The Balaban J connectivity index is 3.87. The van der Waals surface area contributed by atoms with Crippen molar-refractivity contribution < 1.29 is 37.0 Å². The second-order valence-electron chi connectivity index (χ2n) is 8.54. The maximum atomic E-state index is 12.9. The van der Waals surface area contributed by atoms with E-state index in [-0.39, 0.29) is 17.1 Å². The normalized spacial score (nSPS) is 12.1. The molecule has 0 radical (unpaired) electrons. The Morgan fingerprint density at radius 3 is 1.88 bits per heavy atom. The average molecular weight is 495 g/mol. The number of rotatable bonds is 5. The van der Waals surface area contributed by atoms with E-state index in [4.69, 9.17) is 24.9 Å². The monoisotopic (exact) mass is 494 g/mol. The van der Waals surface area contributed by atoms with Gasteiger partial charge in [0, 0.05) is 22.4 Å². The van der Waals surface area contributed by atoms with E-state index in [2.05, 4.69) is 4.98 Å². The molecule has 13 heteroatoms. The number of aromatic amines is 1. The first-order valence-corrected chi connectivity index (χ1v) is 11.8. The molecule has 180 valence electrons. The summed E-state index contributed by atoms with van der Waals surface area (Å²) in [6.07, 6.45) is -2.45. The van der Waals surface area contributed by atoms with Gasteiger partial charge in [-0.05, 0) is 48.5 Å². The smallest absolute Gasteiger partial charge is 0.424 e. The molecule has 0 saturated carbocycles. The Bertz CT molecular complexity index is 1020. The standard InChI is InChI=1S/C19H27ClN2O9S/c1-8-29-12(23)9-11-10-21-15(24)13(14(11)32(20,27)28)22(16(25)30-18(2,3)4)17(26)31-19(5,6)7/h10H,8-9H2,1-7H3,(H,21,24).